The summed E-state index contributed by atoms with van der Waals surface area (Å²) in [5, 5.41) is 0.304. The van der Waals surface area contributed by atoms with E-state index in [-0.39, 0.29) is 69.9 Å². The van der Waals surface area contributed by atoms with Crippen LogP contribution in [0.2, 0.25) is 0 Å². The van der Waals surface area contributed by atoms with Crippen molar-refractivity contribution in [3.8, 4) is 0 Å². The molecule has 0 aliphatic carbocycles. The van der Waals surface area contributed by atoms with Gasteiger partial charge in [-0.2, -0.15) is 0 Å². The first-order chi connectivity index (χ1) is 10.8. The van der Waals surface area contributed by atoms with Crippen molar-refractivity contribution in [1.29, 1.82) is 0 Å². The Bertz CT molecular complexity index is 1140. The predicted molar refractivity (Wildman–Crippen MR) is 85.7 cm³/mol. The molecular formula is C15H13NNa2O6S2. The number of hydrogen-bond acceptors (Lipinski definition) is 7. The van der Waals surface area contributed by atoms with Crippen molar-refractivity contribution in [2.45, 2.75) is 36.0 Å². The molecule has 0 saturated heterocycles. The van der Waals surface area contributed by atoms with Gasteiger partial charge in [-0.05, 0) is 36.1 Å². The SMILES string of the molecule is CC1=Nc2ccc3cc(S(=O)(=O)[O-])cc(S(=O)(=O)[O-])c3c2C1(C)C.[Na+].[Na+]. The molecule has 0 radical (unpaired) electrons. The summed E-state index contributed by atoms with van der Waals surface area (Å²) >= 11 is 0. The smallest absolute Gasteiger partial charge is 0.744 e. The molecule has 2 aromatic carbocycles. The number of fused-ring (bicyclic) bond motifs is 3. The Morgan fingerprint density at radius 2 is 1.54 bits per heavy atom. The van der Waals surface area contributed by atoms with Crippen LogP contribution < -0.4 is 59.1 Å². The molecule has 0 fully saturated rings. The van der Waals surface area contributed by atoms with Crippen LogP contribution in [0, 0.1) is 0 Å². The standard InChI is InChI=1S/C15H15NO6S2.2Na/c1-8-15(2,3)14-11(16-8)5-4-9-6-10(23(17,18)19)7-12(13(9)14)24(20,21)22;;/h4-7H,1-3H3,(H,17,18,19)(H,20,21,22);;/q;2*+1/p-2. The van der Waals surface area contributed by atoms with E-state index < -0.39 is 35.4 Å². The summed E-state index contributed by atoms with van der Waals surface area (Å²) in [6.45, 7) is 5.45. The van der Waals surface area contributed by atoms with Gasteiger partial charge in [0.25, 0.3) is 0 Å². The van der Waals surface area contributed by atoms with E-state index in [0.29, 0.717) is 17.3 Å². The van der Waals surface area contributed by atoms with E-state index in [1.807, 2.05) is 13.8 Å². The third-order valence-electron chi connectivity index (χ3n) is 4.41. The second kappa shape index (κ2) is 7.55. The van der Waals surface area contributed by atoms with Crippen molar-refractivity contribution in [1.82, 2.24) is 0 Å². The Labute approximate surface area is 196 Å². The molecule has 0 N–H and O–H groups in total. The van der Waals surface area contributed by atoms with Crippen LogP contribution >= 0.6 is 0 Å². The zero-order chi connectivity index (χ0) is 18.1. The fourth-order valence-electron chi connectivity index (χ4n) is 2.96. The first-order valence-electron chi connectivity index (χ1n) is 6.92. The van der Waals surface area contributed by atoms with Crippen LogP contribution in [-0.2, 0) is 25.7 Å². The molecule has 0 amide bonds. The number of rotatable bonds is 2. The molecule has 0 atom stereocenters. The van der Waals surface area contributed by atoms with Crippen molar-refractivity contribution in [2.75, 3.05) is 0 Å². The fourth-order valence-corrected chi connectivity index (χ4v) is 4.31. The Morgan fingerprint density at radius 1 is 0.962 bits per heavy atom. The van der Waals surface area contributed by atoms with Gasteiger partial charge in [0.2, 0.25) is 0 Å². The maximum Gasteiger partial charge on any atom is 1.00 e. The molecule has 0 unspecified atom stereocenters. The van der Waals surface area contributed by atoms with Gasteiger partial charge in [0.05, 0.1) is 15.5 Å². The Balaban J connectivity index is 0.00000169. The zero-order valence-electron chi connectivity index (χ0n) is 15.0. The van der Waals surface area contributed by atoms with Crippen LogP contribution in [0.4, 0.5) is 5.69 Å². The van der Waals surface area contributed by atoms with Gasteiger partial charge in [0.1, 0.15) is 20.2 Å². The van der Waals surface area contributed by atoms with E-state index >= 15 is 0 Å². The molecule has 3 rings (SSSR count). The van der Waals surface area contributed by atoms with Gasteiger partial charge in [0.15, 0.2) is 0 Å². The Kier molecular flexibility index (Phi) is 7.03. The molecule has 0 spiro atoms. The molecule has 1 aliphatic rings. The molecule has 11 heteroatoms. The maximum atomic E-state index is 11.7. The van der Waals surface area contributed by atoms with Crippen LogP contribution in [0.3, 0.4) is 0 Å². The van der Waals surface area contributed by atoms with Crippen molar-refractivity contribution in [3.63, 3.8) is 0 Å². The third kappa shape index (κ3) is 3.98. The van der Waals surface area contributed by atoms with Crippen LogP contribution in [0.1, 0.15) is 26.3 Å². The van der Waals surface area contributed by atoms with Crippen molar-refractivity contribution in [2.24, 2.45) is 4.99 Å². The minimum Gasteiger partial charge on any atom is -0.744 e. The average Bonchev–Trinajstić information content (AvgIpc) is 2.66. The Hall–Kier alpha value is 0.190. The summed E-state index contributed by atoms with van der Waals surface area (Å²) in [4.78, 5) is 2.92. The van der Waals surface area contributed by atoms with Crippen molar-refractivity contribution >= 4 is 42.4 Å². The molecule has 1 heterocycles. The van der Waals surface area contributed by atoms with Crippen LogP contribution in [0.15, 0.2) is 39.0 Å². The molecule has 0 saturated carbocycles. The summed E-state index contributed by atoms with van der Waals surface area (Å²) in [5.74, 6) is 0. The van der Waals surface area contributed by atoms with E-state index in [1.165, 1.54) is 6.07 Å². The van der Waals surface area contributed by atoms with Gasteiger partial charge >= 0.3 is 59.1 Å². The molecular weight excluding hydrogens is 400 g/mol. The minimum atomic E-state index is -5.01. The molecule has 1 aliphatic heterocycles. The molecule has 7 nitrogen and oxygen atoms in total. The quantitative estimate of drug-likeness (QED) is 0.365. The van der Waals surface area contributed by atoms with Crippen molar-refractivity contribution < 1.29 is 85.1 Å². The summed E-state index contributed by atoms with van der Waals surface area (Å²) in [5.41, 5.74) is 1.15. The van der Waals surface area contributed by atoms with E-state index in [2.05, 4.69) is 4.99 Å². The molecule has 2 aromatic rings. The fraction of sp³-hybridized carbons (Fsp3) is 0.267. The number of benzene rings is 2. The van der Waals surface area contributed by atoms with Gasteiger partial charge in [-0.15, -0.1) is 0 Å². The maximum absolute atomic E-state index is 11.7. The average molecular weight is 413 g/mol. The number of nitrogens with zero attached hydrogens (tertiary/aromatic N) is 1. The molecule has 0 bridgehead atoms. The molecule has 26 heavy (non-hydrogen) atoms. The monoisotopic (exact) mass is 413 g/mol. The second-order valence-electron chi connectivity index (χ2n) is 6.21. The van der Waals surface area contributed by atoms with Gasteiger partial charge < -0.3 is 9.11 Å². The summed E-state index contributed by atoms with van der Waals surface area (Å²) < 4.78 is 69.1. The van der Waals surface area contributed by atoms with Crippen molar-refractivity contribution in [3.05, 3.63) is 29.8 Å². The van der Waals surface area contributed by atoms with Gasteiger partial charge in [0, 0.05) is 16.5 Å². The first-order valence-corrected chi connectivity index (χ1v) is 9.74. The molecule has 128 valence electrons. The topological polar surface area (TPSA) is 127 Å². The van der Waals surface area contributed by atoms with E-state index in [4.69, 9.17) is 0 Å². The largest absolute Gasteiger partial charge is 1.00 e. The predicted octanol–water partition coefficient (Wildman–Crippen LogP) is -3.96. The third-order valence-corrected chi connectivity index (χ3v) is 6.08. The van der Waals surface area contributed by atoms with Crippen LogP contribution in [-0.4, -0.2) is 31.7 Å². The zero-order valence-corrected chi connectivity index (χ0v) is 20.7. The van der Waals surface area contributed by atoms with E-state index in [1.54, 1.807) is 13.0 Å². The summed E-state index contributed by atoms with van der Waals surface area (Å²) in [6, 6.07) is 4.78. The normalized spacial score (nSPS) is 15.7. The second-order valence-corrected chi connectivity index (χ2v) is 8.94. The van der Waals surface area contributed by atoms with E-state index in [9.17, 15) is 25.9 Å². The number of hydrogen-bond donors (Lipinski definition) is 0. The minimum absolute atomic E-state index is 0. The molecule has 0 aromatic heterocycles. The van der Waals surface area contributed by atoms with Gasteiger partial charge in [-0.25, -0.2) is 16.8 Å². The Morgan fingerprint density at radius 3 is 2.04 bits per heavy atom. The number of aliphatic imine (C=N–C) groups is 1. The van der Waals surface area contributed by atoms with Gasteiger partial charge in [-0.3, -0.25) is 4.99 Å². The van der Waals surface area contributed by atoms with Crippen LogP contribution in [0.25, 0.3) is 10.8 Å². The summed E-state index contributed by atoms with van der Waals surface area (Å²) in [6.07, 6.45) is 0. The van der Waals surface area contributed by atoms with Crippen LogP contribution in [0.5, 0.6) is 0 Å². The van der Waals surface area contributed by atoms with Gasteiger partial charge in [-0.1, -0.05) is 19.9 Å². The first kappa shape index (κ1) is 24.2. The van der Waals surface area contributed by atoms with E-state index in [0.717, 1.165) is 11.8 Å². The summed E-state index contributed by atoms with van der Waals surface area (Å²) in [7, 11) is -9.92.